The maximum absolute atomic E-state index is 11.9. The molecule has 0 atom stereocenters. The van der Waals surface area contributed by atoms with Crippen LogP contribution in [0, 0.1) is 0 Å². The number of nitrogens with zero attached hydrogens (tertiary/aromatic N) is 1. The van der Waals surface area contributed by atoms with E-state index < -0.39 is 21.0 Å². The van der Waals surface area contributed by atoms with Crippen LogP contribution in [0.15, 0.2) is 10.7 Å². The molecule has 7 nitrogen and oxygen atoms in total. The molecule has 8 heteroatoms. The number of carbonyl (C=O) groups is 1. The lowest BCUT2D eigenvalue weighted by molar-refractivity contribution is 0.0794. The fourth-order valence-electron chi connectivity index (χ4n) is 2.16. The SMILES string of the molecule is CC(C)S(=O)(=O)CCNC(=O)c1coc(C2CCOCC2)n1. The Labute approximate surface area is 130 Å². The van der Waals surface area contributed by atoms with E-state index in [0.717, 1.165) is 12.8 Å². The first-order chi connectivity index (χ1) is 10.4. The molecular formula is C14H22N2O5S. The van der Waals surface area contributed by atoms with Crippen molar-refractivity contribution in [1.29, 1.82) is 0 Å². The average molecular weight is 330 g/mol. The number of aromatic nitrogens is 1. The Morgan fingerprint density at radius 2 is 2.09 bits per heavy atom. The summed E-state index contributed by atoms with van der Waals surface area (Å²) in [7, 11) is -3.16. The highest BCUT2D eigenvalue weighted by molar-refractivity contribution is 7.92. The zero-order valence-corrected chi connectivity index (χ0v) is 13.7. The van der Waals surface area contributed by atoms with Gasteiger partial charge in [0.05, 0.1) is 11.0 Å². The quantitative estimate of drug-likeness (QED) is 0.839. The van der Waals surface area contributed by atoms with Crippen LogP contribution in [-0.2, 0) is 14.6 Å². The molecule has 1 aromatic rings. The number of hydrogen-bond acceptors (Lipinski definition) is 6. The Morgan fingerprint density at radius 3 is 2.73 bits per heavy atom. The van der Waals surface area contributed by atoms with E-state index in [1.807, 2.05) is 0 Å². The highest BCUT2D eigenvalue weighted by atomic mass is 32.2. The first-order valence-corrected chi connectivity index (χ1v) is 9.14. The normalized spacial score (nSPS) is 16.9. The molecule has 1 aromatic heterocycles. The van der Waals surface area contributed by atoms with Gasteiger partial charge >= 0.3 is 0 Å². The summed E-state index contributed by atoms with van der Waals surface area (Å²) in [5.74, 6) is 0.224. The Balaban J connectivity index is 1.87. The van der Waals surface area contributed by atoms with Crippen LogP contribution < -0.4 is 5.32 Å². The van der Waals surface area contributed by atoms with Crippen molar-refractivity contribution >= 4 is 15.7 Å². The molecule has 0 saturated carbocycles. The van der Waals surface area contributed by atoms with Crippen LogP contribution in [-0.4, -0.2) is 50.1 Å². The number of oxazole rings is 1. The van der Waals surface area contributed by atoms with E-state index in [4.69, 9.17) is 9.15 Å². The topological polar surface area (TPSA) is 98.5 Å². The van der Waals surface area contributed by atoms with Gasteiger partial charge in [0.15, 0.2) is 21.4 Å². The van der Waals surface area contributed by atoms with Crippen LogP contribution >= 0.6 is 0 Å². The van der Waals surface area contributed by atoms with Crippen LogP contribution in [0.5, 0.6) is 0 Å². The molecule has 124 valence electrons. The second kappa shape index (κ2) is 7.23. The summed E-state index contributed by atoms with van der Waals surface area (Å²) in [5, 5.41) is 2.11. The molecule has 0 aromatic carbocycles. The molecule has 0 radical (unpaired) electrons. The van der Waals surface area contributed by atoms with Gasteiger partial charge in [0, 0.05) is 25.7 Å². The molecule has 0 spiro atoms. The van der Waals surface area contributed by atoms with Gasteiger partial charge in [-0.1, -0.05) is 0 Å². The Kier molecular flexibility index (Phi) is 5.57. The molecule has 2 rings (SSSR count). The van der Waals surface area contributed by atoms with Crippen molar-refractivity contribution in [3.8, 4) is 0 Å². The second-order valence-corrected chi connectivity index (χ2v) is 8.31. The predicted molar refractivity (Wildman–Crippen MR) is 80.6 cm³/mol. The molecule has 0 unspecified atom stereocenters. The molecule has 1 aliphatic heterocycles. The minimum Gasteiger partial charge on any atom is -0.448 e. The summed E-state index contributed by atoms with van der Waals surface area (Å²) in [6, 6.07) is 0. The van der Waals surface area contributed by atoms with E-state index in [2.05, 4.69) is 10.3 Å². The van der Waals surface area contributed by atoms with Crippen molar-refractivity contribution in [2.45, 2.75) is 37.9 Å². The highest BCUT2D eigenvalue weighted by Crippen LogP contribution is 2.25. The second-order valence-electron chi connectivity index (χ2n) is 5.63. The Hall–Kier alpha value is -1.41. The molecule has 1 saturated heterocycles. The first kappa shape index (κ1) is 17.0. The number of sulfone groups is 1. The Morgan fingerprint density at radius 1 is 1.41 bits per heavy atom. The van der Waals surface area contributed by atoms with Crippen molar-refractivity contribution in [3.05, 3.63) is 17.8 Å². The lowest BCUT2D eigenvalue weighted by Crippen LogP contribution is -2.31. The minimum absolute atomic E-state index is 0.0683. The van der Waals surface area contributed by atoms with Crippen molar-refractivity contribution in [1.82, 2.24) is 10.3 Å². The van der Waals surface area contributed by atoms with Crippen molar-refractivity contribution < 1.29 is 22.4 Å². The summed E-state index contributed by atoms with van der Waals surface area (Å²) in [4.78, 5) is 16.1. The third-order valence-corrected chi connectivity index (χ3v) is 5.93. The van der Waals surface area contributed by atoms with Gasteiger partial charge in [-0.15, -0.1) is 0 Å². The molecule has 2 heterocycles. The molecule has 22 heavy (non-hydrogen) atoms. The van der Waals surface area contributed by atoms with Gasteiger partial charge in [-0.25, -0.2) is 13.4 Å². The van der Waals surface area contributed by atoms with E-state index in [9.17, 15) is 13.2 Å². The van der Waals surface area contributed by atoms with E-state index in [1.54, 1.807) is 13.8 Å². The highest BCUT2D eigenvalue weighted by Gasteiger charge is 2.23. The van der Waals surface area contributed by atoms with Gasteiger partial charge in [-0.3, -0.25) is 4.79 Å². The number of rotatable bonds is 6. The summed E-state index contributed by atoms with van der Waals surface area (Å²) >= 11 is 0. The third kappa shape index (κ3) is 4.30. The fraction of sp³-hybridized carbons (Fsp3) is 0.714. The van der Waals surface area contributed by atoms with E-state index in [0.29, 0.717) is 19.1 Å². The van der Waals surface area contributed by atoms with Crippen LogP contribution in [0.25, 0.3) is 0 Å². The number of hydrogen-bond donors (Lipinski definition) is 1. The minimum atomic E-state index is -3.16. The first-order valence-electron chi connectivity index (χ1n) is 7.43. The third-order valence-electron chi connectivity index (χ3n) is 3.72. The van der Waals surface area contributed by atoms with Crippen LogP contribution in [0.3, 0.4) is 0 Å². The molecule has 1 fully saturated rings. The van der Waals surface area contributed by atoms with E-state index in [-0.39, 0.29) is 23.9 Å². The van der Waals surface area contributed by atoms with E-state index >= 15 is 0 Å². The van der Waals surface area contributed by atoms with Crippen molar-refractivity contribution in [2.24, 2.45) is 0 Å². The van der Waals surface area contributed by atoms with Crippen LogP contribution in [0.1, 0.15) is 49.0 Å². The molecule has 1 amide bonds. The standard InChI is InChI=1S/C14H22N2O5S/c1-10(2)22(18,19)8-5-15-13(17)12-9-21-14(16-12)11-3-6-20-7-4-11/h9-11H,3-8H2,1-2H3,(H,15,17). The molecular weight excluding hydrogens is 308 g/mol. The predicted octanol–water partition coefficient (Wildman–Crippen LogP) is 1.12. The van der Waals surface area contributed by atoms with Gasteiger partial charge < -0.3 is 14.5 Å². The number of amides is 1. The lowest BCUT2D eigenvalue weighted by atomic mass is 10.0. The molecule has 1 aliphatic rings. The van der Waals surface area contributed by atoms with Gasteiger partial charge in [0.2, 0.25) is 0 Å². The van der Waals surface area contributed by atoms with Gasteiger partial charge in [0.25, 0.3) is 5.91 Å². The largest absolute Gasteiger partial charge is 0.448 e. The Bertz CT molecular complexity index is 603. The monoisotopic (exact) mass is 330 g/mol. The summed E-state index contributed by atoms with van der Waals surface area (Å²) in [6.07, 6.45) is 2.97. The summed E-state index contributed by atoms with van der Waals surface area (Å²) in [6.45, 7) is 4.64. The van der Waals surface area contributed by atoms with Gasteiger partial charge in [-0.05, 0) is 26.7 Å². The van der Waals surface area contributed by atoms with Crippen molar-refractivity contribution in [3.63, 3.8) is 0 Å². The smallest absolute Gasteiger partial charge is 0.273 e. The number of nitrogens with one attached hydrogen (secondary N) is 1. The van der Waals surface area contributed by atoms with Crippen LogP contribution in [0.4, 0.5) is 0 Å². The molecule has 0 bridgehead atoms. The average Bonchev–Trinajstić information content (AvgIpc) is 2.97. The summed E-state index contributed by atoms with van der Waals surface area (Å²) < 4.78 is 34.0. The number of ether oxygens (including phenoxy) is 1. The zero-order chi connectivity index (χ0) is 16.2. The van der Waals surface area contributed by atoms with Gasteiger partial charge in [-0.2, -0.15) is 0 Å². The molecule has 1 N–H and O–H groups in total. The fourth-order valence-corrected chi connectivity index (χ4v) is 3.02. The maximum Gasteiger partial charge on any atom is 0.273 e. The molecule has 0 aliphatic carbocycles. The van der Waals surface area contributed by atoms with E-state index in [1.165, 1.54) is 6.26 Å². The summed E-state index contributed by atoms with van der Waals surface area (Å²) in [5.41, 5.74) is 0.184. The van der Waals surface area contributed by atoms with Gasteiger partial charge in [0.1, 0.15) is 6.26 Å². The number of carbonyl (C=O) groups excluding carboxylic acids is 1. The lowest BCUT2D eigenvalue weighted by Gasteiger charge is -2.18. The maximum atomic E-state index is 11.9. The van der Waals surface area contributed by atoms with Crippen molar-refractivity contribution in [2.75, 3.05) is 25.5 Å². The zero-order valence-electron chi connectivity index (χ0n) is 12.9. The van der Waals surface area contributed by atoms with Crippen LogP contribution in [0.2, 0.25) is 0 Å².